The van der Waals surface area contributed by atoms with Crippen LogP contribution in [0.3, 0.4) is 0 Å². The van der Waals surface area contributed by atoms with Crippen molar-refractivity contribution in [3.8, 4) is 17.8 Å². The molecular formula is C31H40FN7O3. The van der Waals surface area contributed by atoms with Crippen molar-refractivity contribution in [1.29, 1.82) is 5.26 Å². The lowest BCUT2D eigenvalue weighted by Crippen LogP contribution is -2.55. The van der Waals surface area contributed by atoms with Gasteiger partial charge >= 0.3 is 6.01 Å². The highest BCUT2D eigenvalue weighted by atomic mass is 19.1. The molecule has 3 aliphatic rings. The van der Waals surface area contributed by atoms with Crippen molar-refractivity contribution in [3.05, 3.63) is 53.2 Å². The minimum absolute atomic E-state index is 0.169. The SMILES string of the molecule is C=CC(=O)N1CCN(c2nc(OC[C@@H]3CCCN3C)nc3c2CN(Cc2c(C)cccc2OC(C)F)C3)C[C@@H]1CC#N. The van der Waals surface area contributed by atoms with Gasteiger partial charge in [-0.3, -0.25) is 9.69 Å². The normalized spacial score (nSPS) is 21.6. The average molecular weight is 578 g/mol. The Morgan fingerprint density at radius 2 is 2.10 bits per heavy atom. The van der Waals surface area contributed by atoms with Crippen LogP contribution in [0.4, 0.5) is 10.2 Å². The summed E-state index contributed by atoms with van der Waals surface area (Å²) < 4.78 is 25.5. The monoisotopic (exact) mass is 577 g/mol. The molecule has 1 unspecified atom stereocenters. The first-order valence-corrected chi connectivity index (χ1v) is 14.7. The summed E-state index contributed by atoms with van der Waals surface area (Å²) in [6.07, 6.45) is 2.34. The summed E-state index contributed by atoms with van der Waals surface area (Å²) >= 11 is 0. The molecule has 2 saturated heterocycles. The molecule has 3 atom stereocenters. The molecule has 0 bridgehead atoms. The van der Waals surface area contributed by atoms with Crippen molar-refractivity contribution in [1.82, 2.24) is 24.7 Å². The number of nitrogens with zero attached hydrogens (tertiary/aromatic N) is 7. The molecule has 0 N–H and O–H groups in total. The summed E-state index contributed by atoms with van der Waals surface area (Å²) in [7, 11) is 2.11. The van der Waals surface area contributed by atoms with Crippen molar-refractivity contribution >= 4 is 11.7 Å². The number of alkyl halides is 1. The quantitative estimate of drug-likeness (QED) is 0.393. The molecule has 0 aliphatic carbocycles. The standard InChI is InChI=1S/C31H40FN7O3/c1-5-29(40)39-15-14-38(16-23(39)11-12-33)30-26-18-37(17-25-21(2)8-6-10-28(25)42-22(3)32)19-27(26)34-31(35-30)41-20-24-9-7-13-36(24)4/h5-6,8,10,22-24H,1,7,9,11,13-20H2,2-4H3/t22?,23-,24-/m0/s1. The third-order valence-electron chi connectivity index (χ3n) is 8.49. The predicted molar refractivity (Wildman–Crippen MR) is 157 cm³/mol. The molecule has 3 aliphatic heterocycles. The molecule has 42 heavy (non-hydrogen) atoms. The van der Waals surface area contributed by atoms with E-state index in [0.29, 0.717) is 63.7 Å². The van der Waals surface area contributed by atoms with Crippen LogP contribution in [-0.4, -0.2) is 88.8 Å². The summed E-state index contributed by atoms with van der Waals surface area (Å²) in [5, 5.41) is 9.49. The van der Waals surface area contributed by atoms with E-state index in [2.05, 4.69) is 34.4 Å². The van der Waals surface area contributed by atoms with E-state index in [1.54, 1.807) is 11.0 Å². The summed E-state index contributed by atoms with van der Waals surface area (Å²) in [6, 6.07) is 8.31. The van der Waals surface area contributed by atoms with Crippen LogP contribution < -0.4 is 14.4 Å². The van der Waals surface area contributed by atoms with Gasteiger partial charge in [0.1, 0.15) is 18.2 Å². The number of halogens is 1. The highest BCUT2D eigenvalue weighted by molar-refractivity contribution is 5.87. The van der Waals surface area contributed by atoms with Gasteiger partial charge in [0.15, 0.2) is 0 Å². The predicted octanol–water partition coefficient (Wildman–Crippen LogP) is 3.59. The number of amides is 1. The number of anilines is 1. The second-order valence-electron chi connectivity index (χ2n) is 11.4. The Morgan fingerprint density at radius 1 is 1.26 bits per heavy atom. The molecule has 11 heteroatoms. The molecule has 0 saturated carbocycles. The molecule has 2 fully saturated rings. The van der Waals surface area contributed by atoms with Gasteiger partial charge in [-0.25, -0.2) is 4.39 Å². The van der Waals surface area contributed by atoms with Crippen molar-refractivity contribution in [2.45, 2.75) is 71.2 Å². The Balaban J connectivity index is 1.42. The summed E-state index contributed by atoms with van der Waals surface area (Å²) in [4.78, 5) is 30.7. The molecule has 4 heterocycles. The van der Waals surface area contributed by atoms with E-state index in [1.807, 2.05) is 19.1 Å². The molecule has 0 spiro atoms. The van der Waals surface area contributed by atoms with Gasteiger partial charge in [-0.2, -0.15) is 15.2 Å². The summed E-state index contributed by atoms with van der Waals surface area (Å²) in [6.45, 7) is 11.8. The van der Waals surface area contributed by atoms with Gasteiger partial charge in [-0.15, -0.1) is 0 Å². The van der Waals surface area contributed by atoms with Crippen LogP contribution in [0.2, 0.25) is 0 Å². The lowest BCUT2D eigenvalue weighted by atomic mass is 10.1. The zero-order valence-electron chi connectivity index (χ0n) is 24.8. The number of nitriles is 1. The maximum atomic E-state index is 13.8. The zero-order chi connectivity index (χ0) is 29.8. The first kappa shape index (κ1) is 29.7. The second kappa shape index (κ2) is 13.0. The van der Waals surface area contributed by atoms with Gasteiger partial charge in [0, 0.05) is 63.4 Å². The maximum Gasteiger partial charge on any atom is 0.318 e. The minimum Gasteiger partial charge on any atom is -0.462 e. The topological polar surface area (TPSA) is 98.1 Å². The number of likely N-dealkylation sites (tertiary alicyclic amines) is 1. The number of aryl methyl sites for hydroxylation is 1. The summed E-state index contributed by atoms with van der Waals surface area (Å²) in [5.41, 5.74) is 3.87. The first-order valence-electron chi connectivity index (χ1n) is 14.7. The Morgan fingerprint density at radius 3 is 2.81 bits per heavy atom. The molecule has 1 aromatic carbocycles. The number of ether oxygens (including phenoxy) is 2. The molecule has 224 valence electrons. The van der Waals surface area contributed by atoms with Crippen molar-refractivity contribution in [3.63, 3.8) is 0 Å². The number of carbonyl (C=O) groups excluding carboxylic acids is 1. The number of likely N-dealkylation sites (N-methyl/N-ethyl adjacent to an activating group) is 1. The van der Waals surface area contributed by atoms with Gasteiger partial charge < -0.3 is 24.2 Å². The fourth-order valence-electron chi connectivity index (χ4n) is 6.20. The molecule has 10 nitrogen and oxygen atoms in total. The molecule has 1 amide bonds. The zero-order valence-corrected chi connectivity index (χ0v) is 24.8. The first-order chi connectivity index (χ1) is 20.3. The molecule has 2 aromatic rings. The van der Waals surface area contributed by atoms with Crippen molar-refractivity contribution in [2.24, 2.45) is 0 Å². The van der Waals surface area contributed by atoms with Crippen molar-refractivity contribution in [2.75, 3.05) is 44.7 Å². The molecule has 5 rings (SSSR count). The smallest absolute Gasteiger partial charge is 0.318 e. The lowest BCUT2D eigenvalue weighted by Gasteiger charge is -2.41. The highest BCUT2D eigenvalue weighted by Crippen LogP contribution is 2.35. The van der Waals surface area contributed by atoms with Crippen molar-refractivity contribution < 1.29 is 18.7 Å². The molecule has 0 radical (unpaired) electrons. The number of carbonyl (C=O) groups is 1. The van der Waals surface area contributed by atoms with E-state index in [0.717, 1.165) is 47.6 Å². The number of rotatable bonds is 10. The highest BCUT2D eigenvalue weighted by Gasteiger charge is 2.34. The van der Waals surface area contributed by atoms with E-state index >= 15 is 0 Å². The second-order valence-corrected chi connectivity index (χ2v) is 11.4. The van der Waals surface area contributed by atoms with E-state index < -0.39 is 6.36 Å². The number of benzene rings is 1. The number of fused-ring (bicyclic) bond motifs is 1. The van der Waals surface area contributed by atoms with Crippen LogP contribution in [0, 0.1) is 18.3 Å². The van der Waals surface area contributed by atoms with Crippen LogP contribution in [0.15, 0.2) is 30.9 Å². The largest absolute Gasteiger partial charge is 0.462 e. The lowest BCUT2D eigenvalue weighted by molar-refractivity contribution is -0.128. The molecular weight excluding hydrogens is 537 g/mol. The number of aromatic nitrogens is 2. The maximum absolute atomic E-state index is 13.8. The Kier molecular flexibility index (Phi) is 9.24. The van der Waals surface area contributed by atoms with E-state index in [1.165, 1.54) is 13.0 Å². The fourth-order valence-corrected chi connectivity index (χ4v) is 6.20. The van der Waals surface area contributed by atoms with Gasteiger partial charge in [0.05, 0.1) is 24.2 Å². The summed E-state index contributed by atoms with van der Waals surface area (Å²) in [5.74, 6) is 1.15. The number of hydrogen-bond acceptors (Lipinski definition) is 9. The van der Waals surface area contributed by atoms with E-state index in [4.69, 9.17) is 19.4 Å². The third kappa shape index (κ3) is 6.50. The van der Waals surface area contributed by atoms with Gasteiger partial charge in [0.2, 0.25) is 12.3 Å². The third-order valence-corrected chi connectivity index (χ3v) is 8.49. The fraction of sp³-hybridized carbons (Fsp3) is 0.548. The van der Waals surface area contributed by atoms with Crippen LogP contribution in [0.5, 0.6) is 11.8 Å². The van der Waals surface area contributed by atoms with E-state index in [9.17, 15) is 14.4 Å². The number of hydrogen-bond donors (Lipinski definition) is 0. The Bertz CT molecular complexity index is 1350. The Labute approximate surface area is 247 Å². The minimum atomic E-state index is -1.41. The van der Waals surface area contributed by atoms with Crippen LogP contribution in [0.25, 0.3) is 0 Å². The van der Waals surface area contributed by atoms with E-state index in [-0.39, 0.29) is 18.4 Å². The van der Waals surface area contributed by atoms with Gasteiger partial charge in [0.25, 0.3) is 0 Å². The van der Waals surface area contributed by atoms with Crippen LogP contribution >= 0.6 is 0 Å². The Hall–Kier alpha value is -3.75. The average Bonchev–Trinajstić information content (AvgIpc) is 3.57. The van der Waals surface area contributed by atoms with Crippen LogP contribution in [-0.2, 0) is 24.4 Å². The van der Waals surface area contributed by atoms with Gasteiger partial charge in [-0.05, 0) is 51.1 Å². The number of piperazine rings is 1. The van der Waals surface area contributed by atoms with Gasteiger partial charge in [-0.1, -0.05) is 18.7 Å². The van der Waals surface area contributed by atoms with Crippen LogP contribution in [0.1, 0.15) is 48.6 Å². The molecule has 1 aromatic heterocycles.